The molecule has 0 radical (unpaired) electrons. The van der Waals surface area contributed by atoms with Gasteiger partial charge in [-0.15, -0.1) is 0 Å². The number of nitro groups is 1. The van der Waals surface area contributed by atoms with Crippen molar-refractivity contribution in [3.8, 4) is 0 Å². The Morgan fingerprint density at radius 3 is 2.68 bits per heavy atom. The molecule has 1 aromatic carbocycles. The Morgan fingerprint density at radius 1 is 1.32 bits per heavy atom. The molecule has 2 aromatic rings. The summed E-state index contributed by atoms with van der Waals surface area (Å²) in [5, 5.41) is 14.2. The maximum Gasteiger partial charge on any atom is 0.321 e. The van der Waals surface area contributed by atoms with Crippen LogP contribution in [-0.2, 0) is 26.1 Å². The highest BCUT2D eigenvalue weighted by Gasteiger charge is 2.22. The normalized spacial score (nSPS) is 11.4. The molecule has 0 aliphatic rings. The van der Waals surface area contributed by atoms with Gasteiger partial charge in [0, 0.05) is 6.07 Å². The van der Waals surface area contributed by atoms with Crippen LogP contribution in [0.4, 0.5) is 11.4 Å². The van der Waals surface area contributed by atoms with Crippen LogP contribution in [0.25, 0.3) is 0 Å². The summed E-state index contributed by atoms with van der Waals surface area (Å²) in [6.45, 7) is 3.49. The number of rotatable bonds is 10. The standard InChI is InChI=1S/C17H21N3O7S/c1-12(2)11-27-17(21)10-19-28(24,25)14-5-6-15(16(8-14)20(22)23)18-9-13-4-3-7-26-13/h3-8,12,18-19H,9-11H2,1-2H3. The minimum Gasteiger partial charge on any atom is -0.467 e. The van der Waals surface area contributed by atoms with E-state index in [0.717, 1.165) is 6.07 Å². The quantitative estimate of drug-likeness (QED) is 0.345. The van der Waals surface area contributed by atoms with Crippen molar-refractivity contribution in [2.45, 2.75) is 25.3 Å². The van der Waals surface area contributed by atoms with Crippen LogP contribution in [-0.4, -0.2) is 32.5 Å². The van der Waals surface area contributed by atoms with Crippen molar-refractivity contribution in [1.82, 2.24) is 4.72 Å². The number of carbonyl (C=O) groups is 1. The Bertz CT molecular complexity index is 924. The number of nitro benzene ring substituents is 1. The number of esters is 1. The predicted molar refractivity (Wildman–Crippen MR) is 100 cm³/mol. The van der Waals surface area contributed by atoms with Gasteiger partial charge >= 0.3 is 5.97 Å². The van der Waals surface area contributed by atoms with E-state index in [2.05, 4.69) is 10.0 Å². The fraction of sp³-hybridized carbons (Fsp3) is 0.353. The largest absolute Gasteiger partial charge is 0.467 e. The van der Waals surface area contributed by atoms with E-state index in [4.69, 9.17) is 9.15 Å². The van der Waals surface area contributed by atoms with Crippen molar-refractivity contribution in [2.24, 2.45) is 5.92 Å². The molecule has 152 valence electrons. The highest BCUT2D eigenvalue weighted by atomic mass is 32.2. The van der Waals surface area contributed by atoms with Gasteiger partial charge in [0.2, 0.25) is 10.0 Å². The third kappa shape index (κ3) is 6.06. The molecule has 0 aliphatic heterocycles. The number of nitrogens with one attached hydrogen (secondary N) is 2. The molecule has 0 amide bonds. The number of benzene rings is 1. The summed E-state index contributed by atoms with van der Waals surface area (Å²) >= 11 is 0. The van der Waals surface area contributed by atoms with Crippen LogP contribution in [0.15, 0.2) is 45.9 Å². The van der Waals surface area contributed by atoms with Gasteiger partial charge in [-0.1, -0.05) is 13.8 Å². The minimum absolute atomic E-state index is 0.115. The number of ether oxygens (including phenoxy) is 1. The van der Waals surface area contributed by atoms with E-state index in [9.17, 15) is 23.3 Å². The number of hydrogen-bond donors (Lipinski definition) is 2. The molecule has 28 heavy (non-hydrogen) atoms. The average molecular weight is 411 g/mol. The number of furan rings is 1. The van der Waals surface area contributed by atoms with E-state index in [1.54, 1.807) is 12.1 Å². The zero-order valence-corrected chi connectivity index (χ0v) is 16.2. The summed E-state index contributed by atoms with van der Waals surface area (Å²) in [4.78, 5) is 21.9. The second-order valence-electron chi connectivity index (χ2n) is 6.27. The lowest BCUT2D eigenvalue weighted by molar-refractivity contribution is -0.384. The molecule has 0 unspecified atom stereocenters. The van der Waals surface area contributed by atoms with E-state index in [-0.39, 0.29) is 29.7 Å². The molecule has 0 fully saturated rings. The van der Waals surface area contributed by atoms with Crippen molar-refractivity contribution in [3.05, 3.63) is 52.5 Å². The summed E-state index contributed by atoms with van der Waals surface area (Å²) in [6, 6.07) is 6.79. The number of sulfonamides is 1. The SMILES string of the molecule is CC(C)COC(=O)CNS(=O)(=O)c1ccc(NCc2ccco2)c([N+](=O)[O-])c1. The zero-order valence-electron chi connectivity index (χ0n) is 15.4. The summed E-state index contributed by atoms with van der Waals surface area (Å²) < 4.78 is 36.8. The van der Waals surface area contributed by atoms with E-state index in [1.807, 2.05) is 13.8 Å². The van der Waals surface area contributed by atoms with Gasteiger partial charge in [-0.2, -0.15) is 4.72 Å². The number of nitrogens with zero attached hydrogens (tertiary/aromatic N) is 1. The minimum atomic E-state index is -4.13. The summed E-state index contributed by atoms with van der Waals surface area (Å²) in [7, 11) is -4.13. The highest BCUT2D eigenvalue weighted by Crippen LogP contribution is 2.28. The van der Waals surface area contributed by atoms with Crippen LogP contribution in [0, 0.1) is 16.0 Å². The number of hydrogen-bond acceptors (Lipinski definition) is 8. The van der Waals surface area contributed by atoms with Crippen molar-refractivity contribution in [2.75, 3.05) is 18.5 Å². The molecule has 0 atom stereocenters. The van der Waals surface area contributed by atoms with Crippen LogP contribution in [0.2, 0.25) is 0 Å². The summed E-state index contributed by atoms with van der Waals surface area (Å²) in [6.07, 6.45) is 1.47. The first kappa shape index (κ1) is 21.4. The smallest absolute Gasteiger partial charge is 0.321 e. The van der Waals surface area contributed by atoms with Gasteiger partial charge in [0.1, 0.15) is 18.0 Å². The zero-order chi connectivity index (χ0) is 20.7. The molecule has 0 saturated carbocycles. The molecule has 1 aromatic heterocycles. The monoisotopic (exact) mass is 411 g/mol. The first-order valence-electron chi connectivity index (χ1n) is 8.39. The fourth-order valence-corrected chi connectivity index (χ4v) is 3.11. The Kier molecular flexibility index (Phi) is 7.12. The van der Waals surface area contributed by atoms with E-state index in [1.165, 1.54) is 18.4 Å². The van der Waals surface area contributed by atoms with Crippen molar-refractivity contribution in [1.29, 1.82) is 0 Å². The maximum atomic E-state index is 12.3. The molecule has 0 saturated heterocycles. The lowest BCUT2D eigenvalue weighted by Crippen LogP contribution is -2.31. The molecule has 0 bridgehead atoms. The second-order valence-corrected chi connectivity index (χ2v) is 8.04. The maximum absolute atomic E-state index is 12.3. The Hall–Kier alpha value is -2.92. The Morgan fingerprint density at radius 2 is 2.07 bits per heavy atom. The lowest BCUT2D eigenvalue weighted by Gasteiger charge is -2.10. The van der Waals surface area contributed by atoms with Crippen LogP contribution < -0.4 is 10.0 Å². The van der Waals surface area contributed by atoms with Crippen LogP contribution in [0.1, 0.15) is 19.6 Å². The predicted octanol–water partition coefficient (Wildman–Crippen LogP) is 2.28. The van der Waals surface area contributed by atoms with Crippen molar-refractivity contribution in [3.63, 3.8) is 0 Å². The molecule has 11 heteroatoms. The first-order chi connectivity index (χ1) is 13.2. The van der Waals surface area contributed by atoms with Crippen LogP contribution >= 0.6 is 0 Å². The molecular formula is C17H21N3O7S. The highest BCUT2D eigenvalue weighted by molar-refractivity contribution is 7.89. The van der Waals surface area contributed by atoms with E-state index >= 15 is 0 Å². The second kappa shape index (κ2) is 9.33. The van der Waals surface area contributed by atoms with E-state index in [0.29, 0.717) is 5.76 Å². The number of carbonyl (C=O) groups excluding carboxylic acids is 1. The van der Waals surface area contributed by atoms with Crippen LogP contribution in [0.3, 0.4) is 0 Å². The number of anilines is 1. The topological polar surface area (TPSA) is 141 Å². The Balaban J connectivity index is 2.10. The van der Waals surface area contributed by atoms with Crippen LogP contribution in [0.5, 0.6) is 0 Å². The van der Waals surface area contributed by atoms with Gasteiger partial charge < -0.3 is 14.5 Å². The molecule has 0 aliphatic carbocycles. The van der Waals surface area contributed by atoms with E-state index < -0.39 is 33.1 Å². The van der Waals surface area contributed by atoms with Gasteiger partial charge in [0.05, 0.1) is 29.2 Å². The lowest BCUT2D eigenvalue weighted by atomic mass is 10.2. The van der Waals surface area contributed by atoms with Gasteiger partial charge in [0.15, 0.2) is 0 Å². The fourth-order valence-electron chi connectivity index (χ4n) is 2.12. The average Bonchev–Trinajstić information content (AvgIpc) is 3.16. The molecular weight excluding hydrogens is 390 g/mol. The van der Waals surface area contributed by atoms with Gasteiger partial charge in [-0.3, -0.25) is 14.9 Å². The van der Waals surface area contributed by atoms with Crippen molar-refractivity contribution >= 4 is 27.4 Å². The first-order valence-corrected chi connectivity index (χ1v) is 9.87. The van der Waals surface area contributed by atoms with Crippen molar-refractivity contribution < 1.29 is 27.3 Å². The molecule has 2 rings (SSSR count). The summed E-state index contributed by atoms with van der Waals surface area (Å²) in [5.74, 6) is -0.0551. The van der Waals surface area contributed by atoms with Gasteiger partial charge in [-0.25, -0.2) is 8.42 Å². The molecule has 1 heterocycles. The van der Waals surface area contributed by atoms with Gasteiger partial charge in [-0.05, 0) is 30.2 Å². The molecule has 2 N–H and O–H groups in total. The third-order valence-corrected chi connectivity index (χ3v) is 4.89. The molecule has 0 spiro atoms. The Labute approximate surface area is 162 Å². The summed E-state index contributed by atoms with van der Waals surface area (Å²) in [5.41, 5.74) is -0.284. The third-order valence-electron chi connectivity index (χ3n) is 3.49. The molecule has 10 nitrogen and oxygen atoms in total. The van der Waals surface area contributed by atoms with Gasteiger partial charge in [0.25, 0.3) is 5.69 Å².